The van der Waals surface area contributed by atoms with Crippen molar-refractivity contribution in [2.75, 3.05) is 19.7 Å². The normalized spacial score (nSPS) is 20.7. The summed E-state index contributed by atoms with van der Waals surface area (Å²) in [6, 6.07) is 5.42. The van der Waals surface area contributed by atoms with Gasteiger partial charge in [0.1, 0.15) is 5.75 Å². The number of hydrogen-bond donors (Lipinski definition) is 1. The van der Waals surface area contributed by atoms with Crippen LogP contribution < -0.4 is 4.74 Å². The van der Waals surface area contributed by atoms with Gasteiger partial charge in [0.2, 0.25) is 5.91 Å². The number of aryl methyl sites for hydroxylation is 1. The van der Waals surface area contributed by atoms with Crippen LogP contribution in [0.4, 0.5) is 0 Å². The summed E-state index contributed by atoms with van der Waals surface area (Å²) in [5, 5.41) is 9.73. The van der Waals surface area contributed by atoms with Crippen molar-refractivity contribution >= 4 is 23.5 Å². The summed E-state index contributed by atoms with van der Waals surface area (Å²) in [4.78, 5) is 24.8. The van der Waals surface area contributed by atoms with Gasteiger partial charge < -0.3 is 19.5 Å². The van der Waals surface area contributed by atoms with Crippen molar-refractivity contribution in [3.8, 4) is 5.75 Å². The fourth-order valence-corrected chi connectivity index (χ4v) is 2.69. The number of rotatable bonds is 6. The molecule has 0 bridgehead atoms. The van der Waals surface area contributed by atoms with E-state index in [1.807, 2.05) is 13.0 Å². The second kappa shape index (κ2) is 8.35. The minimum absolute atomic E-state index is 0.0766. The molecule has 24 heavy (non-hydrogen) atoms. The van der Waals surface area contributed by atoms with Gasteiger partial charge in [0, 0.05) is 18.0 Å². The molecular formula is C17H22ClNO5. The van der Waals surface area contributed by atoms with E-state index in [2.05, 4.69) is 0 Å². The number of ether oxygens (including phenoxy) is 2. The first kappa shape index (κ1) is 18.5. The number of carbonyl (C=O) groups is 2. The Morgan fingerprint density at radius 3 is 2.83 bits per heavy atom. The maximum Gasteiger partial charge on any atom is 0.334 e. The minimum atomic E-state index is -1.04. The third-order valence-corrected chi connectivity index (χ3v) is 4.25. The van der Waals surface area contributed by atoms with E-state index in [0.717, 1.165) is 11.3 Å². The largest absolute Gasteiger partial charge is 0.494 e. The molecule has 0 spiro atoms. The number of carboxylic acid groups (broad SMARTS) is 1. The predicted molar refractivity (Wildman–Crippen MR) is 89.5 cm³/mol. The molecular weight excluding hydrogens is 334 g/mol. The molecule has 1 aliphatic heterocycles. The SMILES string of the molecule is Cc1cc(OCCCC(=O)N2CC(C(=O)O)O[C@H](C)C2)ccc1Cl. The van der Waals surface area contributed by atoms with Crippen LogP contribution in [0, 0.1) is 6.92 Å². The Bertz CT molecular complexity index is 607. The van der Waals surface area contributed by atoms with Gasteiger partial charge in [-0.15, -0.1) is 0 Å². The summed E-state index contributed by atoms with van der Waals surface area (Å²) in [6.45, 7) is 4.59. The highest BCUT2D eigenvalue weighted by molar-refractivity contribution is 6.31. The van der Waals surface area contributed by atoms with Crippen LogP contribution in [0.1, 0.15) is 25.3 Å². The van der Waals surface area contributed by atoms with Gasteiger partial charge in [-0.1, -0.05) is 11.6 Å². The lowest BCUT2D eigenvalue weighted by atomic mass is 10.2. The van der Waals surface area contributed by atoms with Gasteiger partial charge in [-0.25, -0.2) is 4.79 Å². The smallest absolute Gasteiger partial charge is 0.334 e. The topological polar surface area (TPSA) is 76.1 Å². The van der Waals surface area contributed by atoms with E-state index >= 15 is 0 Å². The molecule has 132 valence electrons. The summed E-state index contributed by atoms with van der Waals surface area (Å²) in [5.74, 6) is -0.400. The lowest BCUT2D eigenvalue weighted by Crippen LogP contribution is -2.51. The molecule has 1 aromatic rings. The maximum absolute atomic E-state index is 12.2. The van der Waals surface area contributed by atoms with Gasteiger partial charge in [0.05, 0.1) is 19.3 Å². The van der Waals surface area contributed by atoms with Crippen molar-refractivity contribution in [3.05, 3.63) is 28.8 Å². The summed E-state index contributed by atoms with van der Waals surface area (Å²) < 4.78 is 10.9. The number of benzene rings is 1. The molecule has 0 aliphatic carbocycles. The highest BCUT2D eigenvalue weighted by Gasteiger charge is 2.32. The molecule has 1 amide bonds. The number of carbonyl (C=O) groups excluding carboxylic acids is 1. The number of hydrogen-bond acceptors (Lipinski definition) is 4. The van der Waals surface area contributed by atoms with Crippen molar-refractivity contribution in [3.63, 3.8) is 0 Å². The minimum Gasteiger partial charge on any atom is -0.494 e. The summed E-state index contributed by atoms with van der Waals surface area (Å²) in [6.07, 6.45) is -0.363. The van der Waals surface area contributed by atoms with E-state index in [-0.39, 0.29) is 18.6 Å². The lowest BCUT2D eigenvalue weighted by molar-refractivity contribution is -0.166. The number of aliphatic carboxylic acids is 1. The fraction of sp³-hybridized carbons (Fsp3) is 0.529. The van der Waals surface area contributed by atoms with Crippen molar-refractivity contribution in [1.82, 2.24) is 4.90 Å². The first-order valence-corrected chi connectivity index (χ1v) is 8.29. The number of halogens is 1. The van der Waals surface area contributed by atoms with Gasteiger partial charge in [-0.05, 0) is 44.0 Å². The van der Waals surface area contributed by atoms with E-state index in [9.17, 15) is 9.59 Å². The van der Waals surface area contributed by atoms with Gasteiger partial charge in [0.25, 0.3) is 0 Å². The third-order valence-electron chi connectivity index (χ3n) is 3.82. The third kappa shape index (κ3) is 5.11. The molecule has 0 aromatic heterocycles. The van der Waals surface area contributed by atoms with Crippen molar-refractivity contribution < 1.29 is 24.2 Å². The maximum atomic E-state index is 12.2. The molecule has 6 nitrogen and oxygen atoms in total. The van der Waals surface area contributed by atoms with Crippen LogP contribution in [-0.4, -0.2) is 53.8 Å². The Morgan fingerprint density at radius 1 is 1.42 bits per heavy atom. The Labute approximate surface area is 146 Å². The van der Waals surface area contributed by atoms with Crippen LogP contribution in [0.15, 0.2) is 18.2 Å². The van der Waals surface area contributed by atoms with Crippen LogP contribution in [-0.2, 0) is 14.3 Å². The molecule has 1 N–H and O–H groups in total. The number of amides is 1. The molecule has 7 heteroatoms. The van der Waals surface area contributed by atoms with E-state index in [4.69, 9.17) is 26.2 Å². The zero-order chi connectivity index (χ0) is 17.7. The van der Waals surface area contributed by atoms with Crippen LogP contribution >= 0.6 is 11.6 Å². The molecule has 1 fully saturated rings. The van der Waals surface area contributed by atoms with Crippen molar-refractivity contribution in [2.45, 2.75) is 38.9 Å². The first-order valence-electron chi connectivity index (χ1n) is 7.92. The molecule has 2 rings (SSSR count). The Balaban J connectivity index is 1.76. The van der Waals surface area contributed by atoms with Crippen LogP contribution in [0.2, 0.25) is 5.02 Å². The number of morpholine rings is 1. The standard InChI is InChI=1S/C17H22ClNO5/c1-11-8-13(5-6-14(11)18)23-7-3-4-16(20)19-9-12(2)24-15(10-19)17(21)22/h5-6,8,12,15H,3-4,7,9-10H2,1-2H3,(H,21,22)/t12-,15?/m1/s1. The van der Waals surface area contributed by atoms with E-state index in [1.165, 1.54) is 0 Å². The Kier molecular flexibility index (Phi) is 6.45. The van der Waals surface area contributed by atoms with E-state index in [0.29, 0.717) is 31.0 Å². The van der Waals surface area contributed by atoms with Gasteiger partial charge in [-0.3, -0.25) is 4.79 Å². The van der Waals surface area contributed by atoms with Crippen molar-refractivity contribution in [1.29, 1.82) is 0 Å². The monoisotopic (exact) mass is 355 g/mol. The molecule has 1 saturated heterocycles. The first-order chi connectivity index (χ1) is 11.4. The molecule has 0 saturated carbocycles. The van der Waals surface area contributed by atoms with E-state index < -0.39 is 12.1 Å². The van der Waals surface area contributed by atoms with Gasteiger partial charge in [0.15, 0.2) is 6.10 Å². The molecule has 2 atom stereocenters. The lowest BCUT2D eigenvalue weighted by Gasteiger charge is -2.35. The summed E-state index contributed by atoms with van der Waals surface area (Å²) >= 11 is 5.96. The fourth-order valence-electron chi connectivity index (χ4n) is 2.57. The molecule has 1 aromatic carbocycles. The summed E-state index contributed by atoms with van der Waals surface area (Å²) in [5.41, 5.74) is 0.937. The van der Waals surface area contributed by atoms with Gasteiger partial charge >= 0.3 is 5.97 Å². The molecule has 1 unspecified atom stereocenters. The average molecular weight is 356 g/mol. The Morgan fingerprint density at radius 2 is 2.17 bits per heavy atom. The zero-order valence-electron chi connectivity index (χ0n) is 13.8. The molecule has 0 radical (unpaired) electrons. The Hall–Kier alpha value is -1.79. The van der Waals surface area contributed by atoms with E-state index in [1.54, 1.807) is 24.0 Å². The van der Waals surface area contributed by atoms with Crippen LogP contribution in [0.5, 0.6) is 5.75 Å². The zero-order valence-corrected chi connectivity index (χ0v) is 14.6. The number of carboxylic acids is 1. The average Bonchev–Trinajstić information content (AvgIpc) is 2.54. The second-order valence-corrected chi connectivity index (χ2v) is 6.34. The molecule has 1 heterocycles. The van der Waals surface area contributed by atoms with Crippen LogP contribution in [0.25, 0.3) is 0 Å². The molecule has 1 aliphatic rings. The van der Waals surface area contributed by atoms with Crippen LogP contribution in [0.3, 0.4) is 0 Å². The second-order valence-electron chi connectivity index (χ2n) is 5.94. The number of nitrogens with zero attached hydrogens (tertiary/aromatic N) is 1. The highest BCUT2D eigenvalue weighted by Crippen LogP contribution is 2.21. The highest BCUT2D eigenvalue weighted by atomic mass is 35.5. The summed E-state index contributed by atoms with van der Waals surface area (Å²) in [7, 11) is 0. The van der Waals surface area contributed by atoms with Gasteiger partial charge in [-0.2, -0.15) is 0 Å². The quantitative estimate of drug-likeness (QED) is 0.793. The predicted octanol–water partition coefficient (Wildman–Crippen LogP) is 2.51. The van der Waals surface area contributed by atoms with Crippen molar-refractivity contribution in [2.24, 2.45) is 0 Å².